The number of anilines is 1. The second kappa shape index (κ2) is 5.67. The first-order chi connectivity index (χ1) is 8.61. The van der Waals surface area contributed by atoms with E-state index >= 15 is 0 Å². The van der Waals surface area contributed by atoms with Crippen LogP contribution >= 0.6 is 0 Å². The van der Waals surface area contributed by atoms with Crippen LogP contribution in [0.25, 0.3) is 0 Å². The number of aliphatic hydroxyl groups is 1. The van der Waals surface area contributed by atoms with E-state index in [2.05, 4.69) is 15.5 Å². The largest absolute Gasteiger partial charge is 0.406 e. The molecule has 1 aromatic rings. The summed E-state index contributed by atoms with van der Waals surface area (Å²) in [5, 5.41) is 21.1. The molecular formula is C12H22N4O2. The third-order valence-electron chi connectivity index (χ3n) is 3.44. The highest BCUT2D eigenvalue weighted by molar-refractivity contribution is 5.25. The van der Waals surface area contributed by atoms with Gasteiger partial charge < -0.3 is 19.7 Å². The monoisotopic (exact) mass is 254 g/mol. The van der Waals surface area contributed by atoms with E-state index in [1.807, 2.05) is 25.7 Å². The van der Waals surface area contributed by atoms with Gasteiger partial charge in [-0.3, -0.25) is 0 Å². The third-order valence-corrected chi connectivity index (χ3v) is 3.44. The smallest absolute Gasteiger partial charge is 0.318 e. The van der Waals surface area contributed by atoms with Crippen LogP contribution < -0.4 is 10.2 Å². The summed E-state index contributed by atoms with van der Waals surface area (Å²) >= 11 is 0. The molecule has 3 unspecified atom stereocenters. The van der Waals surface area contributed by atoms with Crippen molar-refractivity contribution in [2.24, 2.45) is 5.92 Å². The van der Waals surface area contributed by atoms with Gasteiger partial charge in [0, 0.05) is 13.1 Å². The molecular weight excluding hydrogens is 232 g/mol. The normalized spacial score (nSPS) is 26.3. The predicted molar refractivity (Wildman–Crippen MR) is 68.4 cm³/mol. The first kappa shape index (κ1) is 13.3. The fourth-order valence-corrected chi connectivity index (χ4v) is 2.23. The maximum atomic E-state index is 9.70. The van der Waals surface area contributed by atoms with Crippen LogP contribution in [0, 0.1) is 5.92 Å². The first-order valence-electron chi connectivity index (χ1n) is 6.61. The fraction of sp³-hybridized carbons (Fsp3) is 0.833. The van der Waals surface area contributed by atoms with Crippen LogP contribution in [0.3, 0.4) is 0 Å². The van der Waals surface area contributed by atoms with Crippen LogP contribution in [-0.4, -0.2) is 41.0 Å². The van der Waals surface area contributed by atoms with Crippen molar-refractivity contribution in [3.05, 3.63) is 5.89 Å². The van der Waals surface area contributed by atoms with Crippen molar-refractivity contribution < 1.29 is 9.52 Å². The molecule has 6 nitrogen and oxygen atoms in total. The number of hydrogen-bond acceptors (Lipinski definition) is 6. The van der Waals surface area contributed by atoms with Gasteiger partial charge >= 0.3 is 6.01 Å². The van der Waals surface area contributed by atoms with E-state index in [1.54, 1.807) is 0 Å². The Morgan fingerprint density at radius 1 is 1.56 bits per heavy atom. The molecule has 102 valence electrons. The molecule has 0 bridgehead atoms. The number of nitrogens with zero attached hydrogens (tertiary/aromatic N) is 3. The van der Waals surface area contributed by atoms with Gasteiger partial charge in [0.2, 0.25) is 5.89 Å². The Balaban J connectivity index is 2.01. The summed E-state index contributed by atoms with van der Waals surface area (Å²) in [7, 11) is 0. The Hall–Kier alpha value is -1.14. The highest BCUT2D eigenvalue weighted by atomic mass is 16.4. The van der Waals surface area contributed by atoms with Crippen molar-refractivity contribution in [2.75, 3.05) is 24.5 Å². The summed E-state index contributed by atoms with van der Waals surface area (Å²) in [5.41, 5.74) is 0. The SMILES string of the molecule is CCNC(C)c1nnc(N2CCC(O)C(C)C2)o1. The summed E-state index contributed by atoms with van der Waals surface area (Å²) in [6.45, 7) is 8.48. The minimum atomic E-state index is -0.218. The zero-order valence-electron chi connectivity index (χ0n) is 11.3. The van der Waals surface area contributed by atoms with E-state index in [4.69, 9.17) is 4.42 Å². The number of piperidine rings is 1. The Morgan fingerprint density at radius 3 is 3.00 bits per heavy atom. The van der Waals surface area contributed by atoms with Crippen LogP contribution in [0.5, 0.6) is 0 Å². The minimum Gasteiger partial charge on any atom is -0.406 e. The molecule has 0 aromatic carbocycles. The number of aromatic nitrogens is 2. The Morgan fingerprint density at radius 2 is 2.33 bits per heavy atom. The maximum absolute atomic E-state index is 9.70. The van der Waals surface area contributed by atoms with Crippen LogP contribution in [0.15, 0.2) is 4.42 Å². The molecule has 0 spiro atoms. The molecule has 0 amide bonds. The molecule has 1 fully saturated rings. The fourth-order valence-electron chi connectivity index (χ4n) is 2.23. The van der Waals surface area contributed by atoms with Gasteiger partial charge in [-0.05, 0) is 25.8 Å². The molecule has 0 radical (unpaired) electrons. The third kappa shape index (κ3) is 2.81. The van der Waals surface area contributed by atoms with Crippen LogP contribution in [0.4, 0.5) is 6.01 Å². The summed E-state index contributed by atoms with van der Waals surface area (Å²) in [5.74, 6) is 0.853. The Labute approximate surface area is 107 Å². The van der Waals surface area contributed by atoms with Gasteiger partial charge in [-0.1, -0.05) is 18.9 Å². The number of aliphatic hydroxyl groups excluding tert-OH is 1. The average Bonchev–Trinajstić information content (AvgIpc) is 2.82. The average molecular weight is 254 g/mol. The van der Waals surface area contributed by atoms with Gasteiger partial charge in [0.1, 0.15) is 0 Å². The molecule has 1 saturated heterocycles. The van der Waals surface area contributed by atoms with E-state index in [0.29, 0.717) is 11.9 Å². The van der Waals surface area contributed by atoms with Crippen molar-refractivity contribution in [2.45, 2.75) is 39.3 Å². The van der Waals surface area contributed by atoms with Crippen LogP contribution in [-0.2, 0) is 0 Å². The van der Waals surface area contributed by atoms with Gasteiger partial charge in [-0.15, -0.1) is 5.10 Å². The number of rotatable bonds is 4. The van der Waals surface area contributed by atoms with Gasteiger partial charge in [0.15, 0.2) is 0 Å². The highest BCUT2D eigenvalue weighted by Gasteiger charge is 2.27. The number of hydrogen-bond donors (Lipinski definition) is 2. The zero-order chi connectivity index (χ0) is 13.1. The molecule has 6 heteroatoms. The Kier molecular flexibility index (Phi) is 4.19. The van der Waals surface area contributed by atoms with Crippen molar-refractivity contribution in [1.82, 2.24) is 15.5 Å². The van der Waals surface area contributed by atoms with Crippen molar-refractivity contribution in [1.29, 1.82) is 0 Å². The molecule has 1 aliphatic heterocycles. The van der Waals surface area contributed by atoms with E-state index in [1.165, 1.54) is 0 Å². The molecule has 2 N–H and O–H groups in total. The van der Waals surface area contributed by atoms with Crippen molar-refractivity contribution >= 4 is 6.01 Å². The first-order valence-corrected chi connectivity index (χ1v) is 6.61. The standard InChI is InChI=1S/C12H22N4O2/c1-4-13-9(3)11-14-15-12(18-11)16-6-5-10(17)8(2)7-16/h8-10,13,17H,4-7H2,1-3H3. The molecule has 18 heavy (non-hydrogen) atoms. The van der Waals surface area contributed by atoms with E-state index < -0.39 is 0 Å². The predicted octanol–water partition coefficient (Wildman–Crippen LogP) is 0.947. The molecule has 0 saturated carbocycles. The van der Waals surface area contributed by atoms with Gasteiger partial charge in [0.25, 0.3) is 0 Å². The summed E-state index contributed by atoms with van der Waals surface area (Å²) in [4.78, 5) is 2.05. The lowest BCUT2D eigenvalue weighted by Gasteiger charge is -2.32. The van der Waals surface area contributed by atoms with E-state index in [-0.39, 0.29) is 18.1 Å². The summed E-state index contributed by atoms with van der Waals surface area (Å²) in [6, 6.07) is 0.637. The molecule has 1 aromatic heterocycles. The number of nitrogens with one attached hydrogen (secondary N) is 1. The second-order valence-corrected chi connectivity index (χ2v) is 4.98. The highest BCUT2D eigenvalue weighted by Crippen LogP contribution is 2.23. The topological polar surface area (TPSA) is 74.4 Å². The second-order valence-electron chi connectivity index (χ2n) is 4.98. The molecule has 2 rings (SSSR count). The lowest BCUT2D eigenvalue weighted by Crippen LogP contribution is -2.42. The summed E-state index contributed by atoms with van der Waals surface area (Å²) < 4.78 is 5.68. The maximum Gasteiger partial charge on any atom is 0.318 e. The van der Waals surface area contributed by atoms with Crippen LogP contribution in [0.1, 0.15) is 39.1 Å². The van der Waals surface area contributed by atoms with Crippen molar-refractivity contribution in [3.63, 3.8) is 0 Å². The lowest BCUT2D eigenvalue weighted by molar-refractivity contribution is 0.0955. The zero-order valence-corrected chi connectivity index (χ0v) is 11.3. The Bertz CT molecular complexity index is 382. The molecule has 3 atom stereocenters. The quantitative estimate of drug-likeness (QED) is 0.833. The van der Waals surface area contributed by atoms with Gasteiger partial charge in [0.05, 0.1) is 12.1 Å². The van der Waals surface area contributed by atoms with Gasteiger partial charge in [-0.2, -0.15) is 0 Å². The molecule has 0 aliphatic carbocycles. The summed E-state index contributed by atoms with van der Waals surface area (Å²) in [6.07, 6.45) is 0.533. The minimum absolute atomic E-state index is 0.0732. The molecule has 1 aliphatic rings. The molecule has 2 heterocycles. The van der Waals surface area contributed by atoms with Gasteiger partial charge in [-0.25, -0.2) is 0 Å². The van der Waals surface area contributed by atoms with Crippen LogP contribution in [0.2, 0.25) is 0 Å². The van der Waals surface area contributed by atoms with Crippen molar-refractivity contribution in [3.8, 4) is 0 Å². The van der Waals surface area contributed by atoms with E-state index in [9.17, 15) is 5.11 Å². The lowest BCUT2D eigenvalue weighted by atomic mass is 9.97. The van der Waals surface area contributed by atoms with E-state index in [0.717, 1.165) is 26.1 Å².